The molecular weight excluding hydrogens is 213 g/mol. The Balaban J connectivity index is 1.79. The van der Waals surface area contributed by atoms with E-state index >= 15 is 0 Å². The van der Waals surface area contributed by atoms with Crippen LogP contribution in [0.4, 0.5) is 4.39 Å². The molecule has 0 saturated carbocycles. The van der Waals surface area contributed by atoms with E-state index in [0.717, 1.165) is 25.6 Å². The van der Waals surface area contributed by atoms with Crippen LogP contribution in [0.5, 0.6) is 0 Å². The van der Waals surface area contributed by atoms with Crippen LogP contribution < -0.4 is 0 Å². The number of nitrogens with zero attached hydrogens (tertiary/aromatic N) is 1. The Morgan fingerprint density at radius 1 is 1.29 bits per heavy atom. The molecule has 0 N–H and O–H groups in total. The van der Waals surface area contributed by atoms with E-state index in [0.29, 0.717) is 6.42 Å². The van der Waals surface area contributed by atoms with Crippen molar-refractivity contribution >= 4 is 0 Å². The zero-order valence-corrected chi connectivity index (χ0v) is 10.7. The molecule has 1 aromatic rings. The van der Waals surface area contributed by atoms with Gasteiger partial charge in [-0.15, -0.1) is 0 Å². The largest absolute Gasteiger partial charge is 0.303 e. The standard InChI is InChI=1S/C15H22FN/c1-13-3-5-14(6-4-13)11-15-7-10-17(12-15)9-2-8-16/h3-6,15H,2,7-12H2,1H3/t15-/m1/s1. The molecule has 0 spiro atoms. The lowest BCUT2D eigenvalue weighted by atomic mass is 9.98. The van der Waals surface area contributed by atoms with Gasteiger partial charge in [-0.2, -0.15) is 0 Å². The Hall–Kier alpha value is -0.890. The summed E-state index contributed by atoms with van der Waals surface area (Å²) < 4.78 is 12.1. The van der Waals surface area contributed by atoms with E-state index in [2.05, 4.69) is 36.1 Å². The van der Waals surface area contributed by atoms with Crippen LogP contribution in [-0.2, 0) is 6.42 Å². The molecule has 2 heteroatoms. The van der Waals surface area contributed by atoms with Crippen LogP contribution in [0.25, 0.3) is 0 Å². The molecule has 1 fully saturated rings. The monoisotopic (exact) mass is 235 g/mol. The zero-order valence-electron chi connectivity index (χ0n) is 10.7. The lowest BCUT2D eigenvalue weighted by Crippen LogP contribution is -2.22. The molecule has 17 heavy (non-hydrogen) atoms. The van der Waals surface area contributed by atoms with Gasteiger partial charge in [0.25, 0.3) is 0 Å². The average molecular weight is 235 g/mol. The molecule has 1 saturated heterocycles. The summed E-state index contributed by atoms with van der Waals surface area (Å²) in [5, 5.41) is 0. The fourth-order valence-electron chi connectivity index (χ4n) is 2.62. The molecule has 2 rings (SSSR count). The normalized spacial score (nSPS) is 20.9. The summed E-state index contributed by atoms with van der Waals surface area (Å²) in [7, 11) is 0. The van der Waals surface area contributed by atoms with Crippen molar-refractivity contribution in [3.8, 4) is 0 Å². The van der Waals surface area contributed by atoms with Gasteiger partial charge in [-0.1, -0.05) is 29.8 Å². The summed E-state index contributed by atoms with van der Waals surface area (Å²) in [4.78, 5) is 2.40. The third-order valence-electron chi connectivity index (χ3n) is 3.62. The van der Waals surface area contributed by atoms with Gasteiger partial charge in [-0.25, -0.2) is 0 Å². The highest BCUT2D eigenvalue weighted by Gasteiger charge is 2.21. The van der Waals surface area contributed by atoms with Gasteiger partial charge < -0.3 is 4.90 Å². The molecule has 1 atom stereocenters. The molecule has 0 unspecified atom stereocenters. The Labute approximate surface area is 104 Å². The van der Waals surface area contributed by atoms with Gasteiger partial charge in [0.1, 0.15) is 0 Å². The maximum Gasteiger partial charge on any atom is 0.0906 e. The third-order valence-corrected chi connectivity index (χ3v) is 3.62. The van der Waals surface area contributed by atoms with Crippen molar-refractivity contribution in [2.24, 2.45) is 5.92 Å². The van der Waals surface area contributed by atoms with Crippen LogP contribution in [-0.4, -0.2) is 31.2 Å². The van der Waals surface area contributed by atoms with Gasteiger partial charge in [0.05, 0.1) is 6.67 Å². The van der Waals surface area contributed by atoms with Crippen molar-refractivity contribution in [3.05, 3.63) is 35.4 Å². The number of likely N-dealkylation sites (tertiary alicyclic amines) is 1. The smallest absolute Gasteiger partial charge is 0.0906 e. The van der Waals surface area contributed by atoms with Crippen molar-refractivity contribution in [1.82, 2.24) is 4.90 Å². The third kappa shape index (κ3) is 3.81. The fraction of sp³-hybridized carbons (Fsp3) is 0.600. The van der Waals surface area contributed by atoms with Gasteiger partial charge in [-0.3, -0.25) is 4.39 Å². The molecule has 1 heterocycles. The van der Waals surface area contributed by atoms with Crippen molar-refractivity contribution in [3.63, 3.8) is 0 Å². The molecule has 0 bridgehead atoms. The minimum absolute atomic E-state index is 0.181. The first kappa shape index (κ1) is 12.6. The van der Waals surface area contributed by atoms with Crippen LogP contribution in [0.1, 0.15) is 24.0 Å². The van der Waals surface area contributed by atoms with Crippen LogP contribution in [0.2, 0.25) is 0 Å². The topological polar surface area (TPSA) is 3.24 Å². The number of aryl methyl sites for hydroxylation is 1. The number of alkyl halides is 1. The highest BCUT2D eigenvalue weighted by Crippen LogP contribution is 2.21. The highest BCUT2D eigenvalue weighted by atomic mass is 19.1. The SMILES string of the molecule is Cc1ccc(C[C@H]2CCN(CCCF)C2)cc1. The molecular formula is C15H22FN. The van der Waals surface area contributed by atoms with Gasteiger partial charge in [0.15, 0.2) is 0 Å². The maximum absolute atomic E-state index is 12.1. The first-order valence-corrected chi connectivity index (χ1v) is 6.62. The predicted molar refractivity (Wildman–Crippen MR) is 70.0 cm³/mol. The number of hydrogen-bond donors (Lipinski definition) is 0. The number of hydrogen-bond acceptors (Lipinski definition) is 1. The molecule has 1 aliphatic rings. The quantitative estimate of drug-likeness (QED) is 0.757. The van der Waals surface area contributed by atoms with Crippen LogP contribution >= 0.6 is 0 Å². The molecule has 1 aromatic carbocycles. The second-order valence-corrected chi connectivity index (χ2v) is 5.19. The van der Waals surface area contributed by atoms with E-state index in [4.69, 9.17) is 0 Å². The Kier molecular flexibility index (Phi) is 4.55. The van der Waals surface area contributed by atoms with Crippen molar-refractivity contribution in [2.75, 3.05) is 26.3 Å². The van der Waals surface area contributed by atoms with Crippen LogP contribution in [0, 0.1) is 12.8 Å². The van der Waals surface area contributed by atoms with E-state index in [1.165, 1.54) is 24.0 Å². The molecule has 0 aromatic heterocycles. The van der Waals surface area contributed by atoms with Crippen molar-refractivity contribution in [1.29, 1.82) is 0 Å². The Morgan fingerprint density at radius 2 is 2.06 bits per heavy atom. The van der Waals surface area contributed by atoms with Gasteiger partial charge in [0.2, 0.25) is 0 Å². The summed E-state index contributed by atoms with van der Waals surface area (Å²) in [6.45, 7) is 5.17. The Morgan fingerprint density at radius 3 is 2.76 bits per heavy atom. The van der Waals surface area contributed by atoms with Crippen LogP contribution in [0.3, 0.4) is 0 Å². The molecule has 1 aliphatic heterocycles. The van der Waals surface area contributed by atoms with Crippen LogP contribution in [0.15, 0.2) is 24.3 Å². The lowest BCUT2D eigenvalue weighted by Gasteiger charge is -2.15. The zero-order chi connectivity index (χ0) is 12.1. The molecule has 94 valence electrons. The van der Waals surface area contributed by atoms with Gasteiger partial charge >= 0.3 is 0 Å². The minimum atomic E-state index is -0.181. The van der Waals surface area contributed by atoms with Crippen molar-refractivity contribution in [2.45, 2.75) is 26.2 Å². The Bertz CT molecular complexity index is 333. The number of benzene rings is 1. The van der Waals surface area contributed by atoms with Gasteiger partial charge in [0, 0.05) is 13.1 Å². The van der Waals surface area contributed by atoms with E-state index in [-0.39, 0.29) is 6.67 Å². The highest BCUT2D eigenvalue weighted by molar-refractivity contribution is 5.21. The summed E-state index contributed by atoms with van der Waals surface area (Å²) in [5.41, 5.74) is 2.76. The number of halogens is 1. The predicted octanol–water partition coefficient (Wildman–Crippen LogP) is 3.22. The maximum atomic E-state index is 12.1. The minimum Gasteiger partial charge on any atom is -0.303 e. The summed E-state index contributed by atoms with van der Waals surface area (Å²) in [6.07, 6.45) is 3.13. The van der Waals surface area contributed by atoms with E-state index in [9.17, 15) is 4.39 Å². The second kappa shape index (κ2) is 6.15. The van der Waals surface area contributed by atoms with E-state index < -0.39 is 0 Å². The molecule has 0 aliphatic carbocycles. The molecule has 0 radical (unpaired) electrons. The summed E-state index contributed by atoms with van der Waals surface area (Å²) in [5.74, 6) is 0.761. The first-order valence-electron chi connectivity index (χ1n) is 6.62. The number of rotatable bonds is 5. The fourth-order valence-corrected chi connectivity index (χ4v) is 2.62. The average Bonchev–Trinajstić information content (AvgIpc) is 2.77. The molecule has 1 nitrogen and oxygen atoms in total. The van der Waals surface area contributed by atoms with Gasteiger partial charge in [-0.05, 0) is 44.2 Å². The van der Waals surface area contributed by atoms with Crippen molar-refractivity contribution < 1.29 is 4.39 Å². The first-order chi connectivity index (χ1) is 8.28. The summed E-state index contributed by atoms with van der Waals surface area (Å²) >= 11 is 0. The second-order valence-electron chi connectivity index (χ2n) is 5.19. The van der Waals surface area contributed by atoms with E-state index in [1.807, 2.05) is 0 Å². The summed E-state index contributed by atoms with van der Waals surface area (Å²) in [6, 6.07) is 8.84. The lowest BCUT2D eigenvalue weighted by molar-refractivity contribution is 0.301. The molecule has 0 amide bonds. The van der Waals surface area contributed by atoms with E-state index in [1.54, 1.807) is 0 Å².